The molecular formula is C17H24F2N2O2. The van der Waals surface area contributed by atoms with E-state index in [-0.39, 0.29) is 6.54 Å². The zero-order valence-electron chi connectivity index (χ0n) is 13.2. The van der Waals surface area contributed by atoms with Gasteiger partial charge in [-0.3, -0.25) is 4.79 Å². The third-order valence-electron chi connectivity index (χ3n) is 4.30. The molecule has 6 heteroatoms. The van der Waals surface area contributed by atoms with Crippen molar-refractivity contribution in [3.63, 3.8) is 0 Å². The number of hydrogen-bond acceptors (Lipinski definition) is 3. The molecule has 3 N–H and O–H groups in total. The van der Waals surface area contributed by atoms with Crippen LogP contribution in [0.3, 0.4) is 0 Å². The molecule has 5 atom stereocenters. The Morgan fingerprint density at radius 1 is 1.35 bits per heavy atom. The smallest absolute Gasteiger partial charge is 0.240 e. The van der Waals surface area contributed by atoms with Crippen LogP contribution >= 0.6 is 0 Å². The van der Waals surface area contributed by atoms with Crippen LogP contribution < -0.4 is 10.6 Å². The minimum absolute atomic E-state index is 0.227. The maximum absolute atomic E-state index is 14.3. The van der Waals surface area contributed by atoms with Crippen LogP contribution in [0.4, 0.5) is 8.78 Å². The molecule has 1 aromatic carbocycles. The van der Waals surface area contributed by atoms with Crippen LogP contribution in [0, 0.1) is 5.92 Å². The van der Waals surface area contributed by atoms with Crippen LogP contribution in [0.15, 0.2) is 30.3 Å². The monoisotopic (exact) mass is 326 g/mol. The van der Waals surface area contributed by atoms with Gasteiger partial charge in [-0.25, -0.2) is 8.78 Å². The number of carbonyl (C=O) groups excluding carboxylic acids is 1. The van der Waals surface area contributed by atoms with E-state index < -0.39 is 36.3 Å². The third-order valence-corrected chi connectivity index (χ3v) is 4.30. The van der Waals surface area contributed by atoms with Crippen molar-refractivity contribution >= 4 is 5.91 Å². The highest BCUT2D eigenvalue weighted by Crippen LogP contribution is 2.29. The number of aliphatic hydroxyl groups is 1. The standard InChI is InChI=1S/C17H24F2N2O2/c1-2-20-17(23)16-15(19)14(18)12(10-21-16)8-9-13(22)11-6-4-3-5-7-11/h3-7,12-16,21-22H,2,8-10H2,1H3,(H,20,23)/t12-,13?,14+,15+,16+/m1/s1. The van der Waals surface area contributed by atoms with Gasteiger partial charge >= 0.3 is 0 Å². The normalized spacial score (nSPS) is 29.0. The second-order valence-corrected chi connectivity index (χ2v) is 5.93. The van der Waals surface area contributed by atoms with Gasteiger partial charge in [0.05, 0.1) is 6.10 Å². The van der Waals surface area contributed by atoms with Gasteiger partial charge in [0, 0.05) is 19.0 Å². The molecule has 4 nitrogen and oxygen atoms in total. The first-order chi connectivity index (χ1) is 11.0. The highest BCUT2D eigenvalue weighted by atomic mass is 19.2. The summed E-state index contributed by atoms with van der Waals surface area (Å²) in [4.78, 5) is 11.7. The number of alkyl halides is 2. The van der Waals surface area contributed by atoms with E-state index in [1.54, 1.807) is 19.1 Å². The molecule has 0 aromatic heterocycles. The number of aliphatic hydroxyl groups excluding tert-OH is 1. The average molecular weight is 326 g/mol. The molecule has 1 aromatic rings. The second kappa shape index (κ2) is 8.36. The van der Waals surface area contributed by atoms with Gasteiger partial charge in [0.2, 0.25) is 5.91 Å². The molecular weight excluding hydrogens is 302 g/mol. The van der Waals surface area contributed by atoms with E-state index in [4.69, 9.17) is 0 Å². The lowest BCUT2D eigenvalue weighted by molar-refractivity contribution is -0.127. The number of carbonyl (C=O) groups is 1. The Labute approximate surface area is 135 Å². The Bertz CT molecular complexity index is 501. The van der Waals surface area contributed by atoms with E-state index in [1.807, 2.05) is 18.2 Å². The van der Waals surface area contributed by atoms with Crippen LogP contribution in [0.5, 0.6) is 0 Å². The maximum Gasteiger partial charge on any atom is 0.240 e. The van der Waals surface area contributed by atoms with Crippen molar-refractivity contribution in [2.75, 3.05) is 13.1 Å². The molecule has 0 saturated carbocycles. The fraction of sp³-hybridized carbons (Fsp3) is 0.588. The lowest BCUT2D eigenvalue weighted by Gasteiger charge is -2.35. The summed E-state index contributed by atoms with van der Waals surface area (Å²) in [6.07, 6.45) is -3.55. The Morgan fingerprint density at radius 3 is 2.70 bits per heavy atom. The Balaban J connectivity index is 1.87. The molecule has 0 spiro atoms. The van der Waals surface area contributed by atoms with Gasteiger partial charge in [-0.1, -0.05) is 30.3 Å². The molecule has 1 fully saturated rings. The first-order valence-corrected chi connectivity index (χ1v) is 8.06. The minimum atomic E-state index is -1.87. The van der Waals surface area contributed by atoms with Crippen molar-refractivity contribution in [3.05, 3.63) is 35.9 Å². The van der Waals surface area contributed by atoms with Crippen LogP contribution in [0.1, 0.15) is 31.4 Å². The number of amides is 1. The summed E-state index contributed by atoms with van der Waals surface area (Å²) in [5, 5.41) is 15.4. The van der Waals surface area contributed by atoms with Gasteiger partial charge in [-0.05, 0) is 25.3 Å². The van der Waals surface area contributed by atoms with Crippen molar-refractivity contribution in [3.8, 4) is 0 Å². The Kier molecular flexibility index (Phi) is 6.47. The fourth-order valence-electron chi connectivity index (χ4n) is 2.94. The number of hydrogen-bond donors (Lipinski definition) is 3. The lowest BCUT2D eigenvalue weighted by atomic mass is 9.86. The van der Waals surface area contributed by atoms with Crippen LogP contribution in [-0.2, 0) is 4.79 Å². The van der Waals surface area contributed by atoms with Gasteiger partial charge in [-0.15, -0.1) is 0 Å². The zero-order valence-corrected chi connectivity index (χ0v) is 13.2. The zero-order chi connectivity index (χ0) is 16.8. The predicted molar refractivity (Wildman–Crippen MR) is 84.4 cm³/mol. The summed E-state index contributed by atoms with van der Waals surface area (Å²) in [6.45, 7) is 2.34. The van der Waals surface area contributed by atoms with Crippen LogP contribution in [0.25, 0.3) is 0 Å². The van der Waals surface area contributed by atoms with E-state index in [2.05, 4.69) is 10.6 Å². The van der Waals surface area contributed by atoms with Gasteiger partial charge < -0.3 is 15.7 Å². The van der Waals surface area contributed by atoms with Crippen molar-refractivity contribution in [1.29, 1.82) is 0 Å². The van der Waals surface area contributed by atoms with Crippen molar-refractivity contribution in [2.24, 2.45) is 5.92 Å². The number of piperidine rings is 1. The first-order valence-electron chi connectivity index (χ1n) is 8.06. The molecule has 1 amide bonds. The highest BCUT2D eigenvalue weighted by Gasteiger charge is 2.43. The van der Waals surface area contributed by atoms with Crippen molar-refractivity contribution < 1.29 is 18.7 Å². The van der Waals surface area contributed by atoms with E-state index in [9.17, 15) is 18.7 Å². The maximum atomic E-state index is 14.3. The first kappa shape index (κ1) is 17.8. The number of benzene rings is 1. The summed E-state index contributed by atoms with van der Waals surface area (Å²) in [5.74, 6) is -1.06. The molecule has 23 heavy (non-hydrogen) atoms. The SMILES string of the molecule is CCNC(=O)[C@H]1NC[C@@H](CCC(O)c2ccccc2)[C@H](F)[C@@H]1F. The number of rotatable bonds is 6. The van der Waals surface area contributed by atoms with Crippen LogP contribution in [0.2, 0.25) is 0 Å². The summed E-state index contributed by atoms with van der Waals surface area (Å²) in [6, 6.07) is 7.98. The molecule has 1 unspecified atom stereocenters. The molecule has 1 aliphatic rings. The molecule has 0 bridgehead atoms. The fourth-order valence-corrected chi connectivity index (χ4v) is 2.94. The lowest BCUT2D eigenvalue weighted by Crippen LogP contribution is -2.59. The van der Waals surface area contributed by atoms with Gasteiger partial charge in [0.15, 0.2) is 6.17 Å². The minimum Gasteiger partial charge on any atom is -0.388 e. The Morgan fingerprint density at radius 2 is 2.04 bits per heavy atom. The van der Waals surface area contributed by atoms with Crippen LogP contribution in [-0.4, -0.2) is 42.5 Å². The van der Waals surface area contributed by atoms with E-state index >= 15 is 0 Å². The highest BCUT2D eigenvalue weighted by molar-refractivity contribution is 5.82. The average Bonchev–Trinajstić information content (AvgIpc) is 2.57. The predicted octanol–water partition coefficient (Wildman–Crippen LogP) is 1.90. The molecule has 1 heterocycles. The molecule has 0 aliphatic carbocycles. The van der Waals surface area contributed by atoms with Crippen molar-refractivity contribution in [2.45, 2.75) is 44.3 Å². The summed E-state index contributed by atoms with van der Waals surface area (Å²) in [5.41, 5.74) is 0.767. The van der Waals surface area contributed by atoms with Gasteiger partial charge in [-0.2, -0.15) is 0 Å². The molecule has 2 rings (SSSR count). The number of nitrogens with one attached hydrogen (secondary N) is 2. The number of halogens is 2. The van der Waals surface area contributed by atoms with Gasteiger partial charge in [0.1, 0.15) is 12.2 Å². The summed E-state index contributed by atoms with van der Waals surface area (Å²) < 4.78 is 28.4. The topological polar surface area (TPSA) is 61.4 Å². The Hall–Kier alpha value is -1.53. The van der Waals surface area contributed by atoms with Gasteiger partial charge in [0.25, 0.3) is 0 Å². The van der Waals surface area contributed by atoms with E-state index in [0.29, 0.717) is 19.4 Å². The molecule has 128 valence electrons. The largest absolute Gasteiger partial charge is 0.388 e. The number of likely N-dealkylation sites (N-methyl/N-ethyl adjacent to an activating group) is 1. The quantitative estimate of drug-likeness (QED) is 0.748. The second-order valence-electron chi connectivity index (χ2n) is 5.93. The molecule has 1 aliphatic heterocycles. The summed E-state index contributed by atoms with van der Waals surface area (Å²) >= 11 is 0. The molecule has 0 radical (unpaired) electrons. The summed E-state index contributed by atoms with van der Waals surface area (Å²) in [7, 11) is 0. The van der Waals surface area contributed by atoms with Crippen molar-refractivity contribution in [1.82, 2.24) is 10.6 Å². The van der Waals surface area contributed by atoms with E-state index in [1.165, 1.54) is 0 Å². The van der Waals surface area contributed by atoms with E-state index in [0.717, 1.165) is 5.56 Å². The third kappa shape index (κ3) is 4.48. The molecule has 1 saturated heterocycles.